The van der Waals surface area contributed by atoms with Crippen LogP contribution in [0.15, 0.2) is 24.4 Å². The minimum atomic E-state index is -4.20. The summed E-state index contributed by atoms with van der Waals surface area (Å²) in [6.45, 7) is 12.2. The fraction of sp³-hybridized carbons (Fsp3) is 0.417. The maximum atomic E-state index is 11.8. The Hall–Kier alpha value is -2.71. The van der Waals surface area contributed by atoms with E-state index in [0.717, 1.165) is 57.5 Å². The molecule has 0 bridgehead atoms. The average Bonchev–Trinajstić information content (AvgIpc) is 3.24. The molecule has 0 unspecified atom stereocenters. The van der Waals surface area contributed by atoms with E-state index in [-0.39, 0.29) is 0 Å². The molecule has 3 aromatic heterocycles. The minimum Gasteiger partial charge on any atom is -0.329 e. The number of nitrogens with zero attached hydrogens (tertiary/aromatic N) is 4. The summed E-state index contributed by atoms with van der Waals surface area (Å²) in [5.41, 5.74) is 7.36. The highest BCUT2D eigenvalue weighted by Gasteiger charge is 2.24. The number of benzene rings is 1. The van der Waals surface area contributed by atoms with Crippen LogP contribution in [-0.4, -0.2) is 32.1 Å². The molecule has 4 rings (SSSR count). The van der Waals surface area contributed by atoms with Gasteiger partial charge in [0.1, 0.15) is 11.4 Å². The highest BCUT2D eigenvalue weighted by Crippen LogP contribution is 2.37. The molecule has 0 spiro atoms. The molecule has 7 nitrogen and oxygen atoms in total. The molecule has 0 aliphatic heterocycles. The fourth-order valence-corrected chi connectivity index (χ4v) is 5.54. The van der Waals surface area contributed by atoms with E-state index in [1.807, 2.05) is 44.3 Å². The van der Waals surface area contributed by atoms with Crippen molar-refractivity contribution in [1.82, 2.24) is 19.2 Å². The Kier molecular flexibility index (Phi) is 5.63. The number of aromatic nitrogens is 4. The van der Waals surface area contributed by atoms with Gasteiger partial charge in [-0.3, -0.25) is 4.55 Å². The Morgan fingerprint density at radius 1 is 1.03 bits per heavy atom. The molecule has 4 aromatic rings. The second-order valence-corrected chi connectivity index (χ2v) is 10.1. The highest BCUT2D eigenvalue weighted by atomic mass is 32.2. The molecule has 1 N–H and O–H groups in total. The molecule has 0 fully saturated rings. The van der Waals surface area contributed by atoms with E-state index in [1.165, 1.54) is 0 Å². The zero-order valence-corrected chi connectivity index (χ0v) is 20.3. The summed E-state index contributed by atoms with van der Waals surface area (Å²) in [7, 11) is -4.20. The Labute approximate surface area is 188 Å². The second-order valence-electron chi connectivity index (χ2n) is 8.67. The lowest BCUT2D eigenvalue weighted by molar-refractivity contribution is 0.480. The van der Waals surface area contributed by atoms with Crippen molar-refractivity contribution < 1.29 is 13.0 Å². The van der Waals surface area contributed by atoms with Crippen LogP contribution in [0, 0.1) is 27.7 Å². The van der Waals surface area contributed by atoms with E-state index >= 15 is 0 Å². The number of hydrogen-bond donors (Lipinski definition) is 1. The number of hydrogen-bond acceptors (Lipinski definition) is 4. The summed E-state index contributed by atoms with van der Waals surface area (Å²) < 4.78 is 37.3. The fourth-order valence-electron chi connectivity index (χ4n) is 4.92. The molecule has 0 atom stereocenters. The van der Waals surface area contributed by atoms with Crippen molar-refractivity contribution in [3.05, 3.63) is 52.5 Å². The van der Waals surface area contributed by atoms with Gasteiger partial charge in [0.05, 0.1) is 17.0 Å². The number of rotatable bonds is 6. The molecule has 170 valence electrons. The molecule has 0 saturated heterocycles. The van der Waals surface area contributed by atoms with Gasteiger partial charge in [-0.15, -0.1) is 0 Å². The maximum absolute atomic E-state index is 11.8. The van der Waals surface area contributed by atoms with Crippen molar-refractivity contribution in [2.24, 2.45) is 0 Å². The maximum Gasteiger partial charge on any atom is 0.269 e. The first kappa shape index (κ1) is 22.5. The number of fused-ring (bicyclic) bond motifs is 3. The quantitative estimate of drug-likeness (QED) is 0.398. The topological polar surface area (TPSA) is 89.5 Å². The normalized spacial score (nSPS) is 12.5. The SMILES string of the molecule is CCC(CC)n1ccc2c(C)nc3c(-c4c(C)cc(C)cc4CS(=O)(=O)O)c(C)nn3c21. The largest absolute Gasteiger partial charge is 0.329 e. The molecular weight excluding hydrogens is 424 g/mol. The lowest BCUT2D eigenvalue weighted by Gasteiger charge is -2.17. The summed E-state index contributed by atoms with van der Waals surface area (Å²) in [5.74, 6) is -0.451. The van der Waals surface area contributed by atoms with Gasteiger partial charge in [0.25, 0.3) is 10.1 Å². The Bertz CT molecular complexity index is 1440. The molecule has 0 amide bonds. The molecule has 0 radical (unpaired) electrons. The third-order valence-corrected chi connectivity index (χ3v) is 6.95. The van der Waals surface area contributed by atoms with Crippen molar-refractivity contribution >= 4 is 26.8 Å². The standard InChI is InChI=1S/C24H30N4O3S/c1-7-19(8-2)27-10-9-20-16(5)25-23-22(17(6)26-28(23)24(20)27)21-15(4)11-14(3)12-18(21)13-32(29,30)31/h9-12,19H,7-8,13H2,1-6H3,(H,29,30,31). The van der Waals surface area contributed by atoms with Crippen molar-refractivity contribution in [3.8, 4) is 11.1 Å². The van der Waals surface area contributed by atoms with Gasteiger partial charge in [-0.1, -0.05) is 31.5 Å². The van der Waals surface area contributed by atoms with Crippen LogP contribution in [0.25, 0.3) is 27.8 Å². The second kappa shape index (κ2) is 8.01. The summed E-state index contributed by atoms with van der Waals surface area (Å²) in [4.78, 5) is 4.90. The molecule has 3 heterocycles. The van der Waals surface area contributed by atoms with E-state index in [1.54, 1.807) is 0 Å². The molecule has 0 aliphatic rings. The van der Waals surface area contributed by atoms with Gasteiger partial charge in [0.15, 0.2) is 5.65 Å². The molecule has 1 aromatic carbocycles. The lowest BCUT2D eigenvalue weighted by Crippen LogP contribution is -2.09. The lowest BCUT2D eigenvalue weighted by atomic mass is 9.94. The van der Waals surface area contributed by atoms with Crippen molar-refractivity contribution in [2.75, 3.05) is 0 Å². The monoisotopic (exact) mass is 454 g/mol. The Morgan fingerprint density at radius 2 is 1.72 bits per heavy atom. The van der Waals surface area contributed by atoms with Crippen LogP contribution >= 0.6 is 0 Å². The summed E-state index contributed by atoms with van der Waals surface area (Å²) in [6.07, 6.45) is 4.12. The molecule has 32 heavy (non-hydrogen) atoms. The van der Waals surface area contributed by atoms with Gasteiger partial charge in [0, 0.05) is 17.6 Å². The van der Waals surface area contributed by atoms with Crippen LogP contribution in [0.5, 0.6) is 0 Å². The van der Waals surface area contributed by atoms with E-state index in [2.05, 4.69) is 30.7 Å². The highest BCUT2D eigenvalue weighted by molar-refractivity contribution is 7.85. The van der Waals surface area contributed by atoms with Crippen LogP contribution in [0.4, 0.5) is 0 Å². The van der Waals surface area contributed by atoms with Crippen molar-refractivity contribution in [2.45, 2.75) is 66.2 Å². The zero-order valence-electron chi connectivity index (χ0n) is 19.5. The first-order valence-corrected chi connectivity index (χ1v) is 12.6. The third kappa shape index (κ3) is 3.71. The molecular formula is C24H30N4O3S. The van der Waals surface area contributed by atoms with E-state index in [0.29, 0.717) is 17.3 Å². The zero-order chi connectivity index (χ0) is 23.4. The third-order valence-electron chi connectivity index (χ3n) is 6.27. The van der Waals surface area contributed by atoms with Gasteiger partial charge in [-0.25, -0.2) is 4.98 Å². The summed E-state index contributed by atoms with van der Waals surface area (Å²) in [6, 6.07) is 6.27. The first-order valence-electron chi connectivity index (χ1n) is 11.0. The Balaban J connectivity index is 2.11. The van der Waals surface area contributed by atoms with Crippen LogP contribution in [0.2, 0.25) is 0 Å². The van der Waals surface area contributed by atoms with E-state index < -0.39 is 15.9 Å². The summed E-state index contributed by atoms with van der Waals surface area (Å²) >= 11 is 0. The Morgan fingerprint density at radius 3 is 2.34 bits per heavy atom. The minimum absolute atomic E-state index is 0.349. The van der Waals surface area contributed by atoms with Gasteiger partial charge < -0.3 is 4.57 Å². The van der Waals surface area contributed by atoms with E-state index in [9.17, 15) is 13.0 Å². The predicted octanol–water partition coefficient (Wildman–Crippen LogP) is 5.33. The average molecular weight is 455 g/mol. The van der Waals surface area contributed by atoms with Crippen molar-refractivity contribution in [3.63, 3.8) is 0 Å². The predicted molar refractivity (Wildman–Crippen MR) is 128 cm³/mol. The summed E-state index contributed by atoms with van der Waals surface area (Å²) in [5, 5.41) is 5.92. The van der Waals surface area contributed by atoms with Crippen LogP contribution in [-0.2, 0) is 15.9 Å². The first-order chi connectivity index (χ1) is 15.1. The molecule has 0 saturated carbocycles. The van der Waals surface area contributed by atoms with Gasteiger partial charge >= 0.3 is 0 Å². The molecule has 8 heteroatoms. The smallest absolute Gasteiger partial charge is 0.269 e. The van der Waals surface area contributed by atoms with Gasteiger partial charge in [-0.2, -0.15) is 18.0 Å². The van der Waals surface area contributed by atoms with Gasteiger partial charge in [-0.05, 0) is 63.3 Å². The van der Waals surface area contributed by atoms with Crippen LogP contribution in [0.3, 0.4) is 0 Å². The van der Waals surface area contributed by atoms with Crippen molar-refractivity contribution in [1.29, 1.82) is 0 Å². The van der Waals surface area contributed by atoms with Crippen LogP contribution in [0.1, 0.15) is 60.8 Å². The van der Waals surface area contributed by atoms with E-state index in [4.69, 9.17) is 10.1 Å². The number of aryl methyl sites for hydroxylation is 4. The van der Waals surface area contributed by atoms with Crippen LogP contribution < -0.4 is 0 Å². The van der Waals surface area contributed by atoms with Gasteiger partial charge in [0.2, 0.25) is 0 Å². The molecule has 0 aliphatic carbocycles.